The van der Waals surface area contributed by atoms with Gasteiger partial charge in [-0.05, 0) is 24.8 Å². The van der Waals surface area contributed by atoms with E-state index in [2.05, 4.69) is 61.3 Å². The van der Waals surface area contributed by atoms with Crippen molar-refractivity contribution in [2.24, 2.45) is 5.92 Å². The molecule has 4 aliphatic rings. The van der Waals surface area contributed by atoms with Crippen LogP contribution in [-0.4, -0.2) is 23.0 Å². The molecule has 1 nitrogen and oxygen atoms in total. The number of hydrogen-bond donors (Lipinski definition) is 0. The zero-order valence-electron chi connectivity index (χ0n) is 10.1. The average Bonchev–Trinajstić information content (AvgIpc) is 2.84. The molecule has 0 amide bonds. The molecule has 0 aromatic carbocycles. The van der Waals surface area contributed by atoms with Crippen LogP contribution in [-0.2, 0) is 0 Å². The average molecular weight is 213 g/mol. The Labute approximate surface area is 97.8 Å². The molecule has 0 aromatic heterocycles. The number of hydrogen-bond acceptors (Lipinski definition) is 1. The van der Waals surface area contributed by atoms with E-state index in [1.54, 1.807) is 0 Å². The fourth-order valence-corrected chi connectivity index (χ4v) is 2.86. The molecule has 1 heteroatoms. The molecule has 84 valence electrons. The van der Waals surface area contributed by atoms with Gasteiger partial charge in [-0.25, -0.2) is 0 Å². The molecule has 2 bridgehead atoms. The van der Waals surface area contributed by atoms with E-state index in [1.165, 1.54) is 12.0 Å². The maximum Gasteiger partial charge on any atom is 0.0476 e. The molecule has 16 heavy (non-hydrogen) atoms. The van der Waals surface area contributed by atoms with Crippen LogP contribution in [0.4, 0.5) is 0 Å². The summed E-state index contributed by atoms with van der Waals surface area (Å²) >= 11 is 0. The van der Waals surface area contributed by atoms with Crippen LogP contribution >= 0.6 is 0 Å². The van der Waals surface area contributed by atoms with E-state index in [0.29, 0.717) is 11.6 Å². The van der Waals surface area contributed by atoms with Crippen molar-refractivity contribution < 1.29 is 0 Å². The molecule has 3 atom stereocenters. The Morgan fingerprint density at radius 2 is 2.06 bits per heavy atom. The molecule has 0 radical (unpaired) electrons. The summed E-state index contributed by atoms with van der Waals surface area (Å²) in [5.41, 5.74) is 1.85. The third-order valence-electron chi connectivity index (χ3n) is 4.34. The van der Waals surface area contributed by atoms with Gasteiger partial charge in [-0.15, -0.1) is 0 Å². The fraction of sp³-hybridized carbons (Fsp3) is 0.467. The smallest absolute Gasteiger partial charge is 0.0476 e. The third kappa shape index (κ3) is 1.51. The first kappa shape index (κ1) is 10.1. The molecule has 0 saturated heterocycles. The maximum absolute atomic E-state index is 2.65. The van der Waals surface area contributed by atoms with Gasteiger partial charge in [-0.2, -0.15) is 0 Å². The van der Waals surface area contributed by atoms with Crippen LogP contribution in [0.2, 0.25) is 0 Å². The van der Waals surface area contributed by atoms with E-state index < -0.39 is 0 Å². The monoisotopic (exact) mass is 213 g/mol. The topological polar surface area (TPSA) is 3.24 Å². The number of fused-ring (bicyclic) bond motifs is 3. The second-order valence-electron chi connectivity index (χ2n) is 5.45. The first-order valence-corrected chi connectivity index (χ1v) is 6.19. The fourth-order valence-electron chi connectivity index (χ4n) is 2.86. The van der Waals surface area contributed by atoms with Gasteiger partial charge in [-0.3, -0.25) is 4.90 Å². The second kappa shape index (κ2) is 3.46. The lowest BCUT2D eigenvalue weighted by atomic mass is 10.0. The highest BCUT2D eigenvalue weighted by Crippen LogP contribution is 2.49. The van der Waals surface area contributed by atoms with E-state index in [4.69, 9.17) is 0 Å². The second-order valence-corrected chi connectivity index (χ2v) is 5.45. The number of allylic oxidation sites excluding steroid dienone is 4. The molecule has 0 aromatic rings. The molecule has 2 aliphatic heterocycles. The van der Waals surface area contributed by atoms with Crippen LogP contribution in [0.15, 0.2) is 48.1 Å². The van der Waals surface area contributed by atoms with E-state index >= 15 is 0 Å². The normalized spacial score (nSPS) is 48.8. The van der Waals surface area contributed by atoms with E-state index in [0.717, 1.165) is 12.5 Å². The molecule has 1 fully saturated rings. The Bertz CT molecular complexity index is 413. The van der Waals surface area contributed by atoms with Gasteiger partial charge < -0.3 is 0 Å². The Hall–Kier alpha value is -1.08. The van der Waals surface area contributed by atoms with Crippen molar-refractivity contribution in [3.8, 4) is 0 Å². The Morgan fingerprint density at radius 3 is 2.81 bits per heavy atom. The SMILES string of the molecule is CC1C[C@@]1(C)N1C\C2=C/C=C\C=C/C1C=C2. The molecule has 4 rings (SSSR count). The van der Waals surface area contributed by atoms with E-state index in [1.807, 2.05) is 0 Å². The predicted octanol–water partition coefficient (Wildman–Crippen LogP) is 3.08. The van der Waals surface area contributed by atoms with Crippen molar-refractivity contribution in [3.05, 3.63) is 48.1 Å². The minimum absolute atomic E-state index is 0.420. The van der Waals surface area contributed by atoms with Crippen LogP contribution in [0, 0.1) is 5.92 Å². The first-order chi connectivity index (χ1) is 7.70. The van der Waals surface area contributed by atoms with Gasteiger partial charge in [0.15, 0.2) is 0 Å². The highest BCUT2D eigenvalue weighted by molar-refractivity contribution is 5.36. The van der Waals surface area contributed by atoms with Gasteiger partial charge in [0.25, 0.3) is 0 Å². The van der Waals surface area contributed by atoms with Crippen LogP contribution in [0.3, 0.4) is 0 Å². The zero-order valence-corrected chi connectivity index (χ0v) is 10.1. The Balaban J connectivity index is 1.96. The molecule has 1 saturated carbocycles. The van der Waals surface area contributed by atoms with Crippen LogP contribution in [0.25, 0.3) is 0 Å². The van der Waals surface area contributed by atoms with Crippen molar-refractivity contribution in [1.29, 1.82) is 0 Å². The summed E-state index contributed by atoms with van der Waals surface area (Å²) in [7, 11) is 0. The summed E-state index contributed by atoms with van der Waals surface area (Å²) in [5.74, 6) is 0.838. The highest BCUT2D eigenvalue weighted by atomic mass is 15.3. The lowest BCUT2D eigenvalue weighted by molar-refractivity contribution is 0.177. The lowest BCUT2D eigenvalue weighted by Gasteiger charge is -2.37. The summed E-state index contributed by atoms with van der Waals surface area (Å²) in [6.07, 6.45) is 16.9. The van der Waals surface area contributed by atoms with E-state index in [-0.39, 0.29) is 0 Å². The molecule has 2 unspecified atom stereocenters. The van der Waals surface area contributed by atoms with Crippen molar-refractivity contribution >= 4 is 0 Å². The summed E-state index contributed by atoms with van der Waals surface area (Å²) in [6.45, 7) is 5.86. The number of nitrogens with zero attached hydrogens (tertiary/aromatic N) is 1. The molecule has 2 heterocycles. The summed E-state index contributed by atoms with van der Waals surface area (Å²) in [5, 5.41) is 0. The van der Waals surface area contributed by atoms with Crippen molar-refractivity contribution in [2.45, 2.75) is 31.8 Å². The largest absolute Gasteiger partial charge is 0.284 e. The quantitative estimate of drug-likeness (QED) is 0.647. The minimum Gasteiger partial charge on any atom is -0.284 e. The molecule has 0 N–H and O–H groups in total. The maximum atomic E-state index is 2.65. The zero-order chi connectivity index (χ0) is 11.2. The molecular weight excluding hydrogens is 194 g/mol. The number of rotatable bonds is 1. The van der Waals surface area contributed by atoms with Crippen molar-refractivity contribution in [3.63, 3.8) is 0 Å². The van der Waals surface area contributed by atoms with Gasteiger partial charge in [0.05, 0.1) is 0 Å². The third-order valence-corrected chi connectivity index (χ3v) is 4.34. The summed E-state index contributed by atoms with van der Waals surface area (Å²) in [6, 6.07) is 0.481. The van der Waals surface area contributed by atoms with Gasteiger partial charge in [0, 0.05) is 18.1 Å². The molecule has 2 aliphatic carbocycles. The van der Waals surface area contributed by atoms with Crippen molar-refractivity contribution in [1.82, 2.24) is 4.90 Å². The van der Waals surface area contributed by atoms with Crippen LogP contribution in [0.5, 0.6) is 0 Å². The first-order valence-electron chi connectivity index (χ1n) is 6.19. The van der Waals surface area contributed by atoms with Crippen LogP contribution < -0.4 is 0 Å². The molecular formula is C15H19N. The Kier molecular flexibility index (Phi) is 2.18. The van der Waals surface area contributed by atoms with Gasteiger partial charge >= 0.3 is 0 Å². The van der Waals surface area contributed by atoms with Crippen LogP contribution in [0.1, 0.15) is 20.3 Å². The lowest BCUT2D eigenvalue weighted by Crippen LogP contribution is -2.45. The summed E-state index contributed by atoms with van der Waals surface area (Å²) in [4.78, 5) is 2.65. The van der Waals surface area contributed by atoms with E-state index in [9.17, 15) is 0 Å². The summed E-state index contributed by atoms with van der Waals surface area (Å²) < 4.78 is 0. The van der Waals surface area contributed by atoms with Crippen molar-refractivity contribution in [2.75, 3.05) is 6.54 Å². The highest BCUT2D eigenvalue weighted by Gasteiger charge is 2.52. The van der Waals surface area contributed by atoms with Gasteiger partial charge in [0.1, 0.15) is 0 Å². The molecule has 0 spiro atoms. The standard InChI is InChI=1S/C15H19N/c1-12-10-15(12,2)16-11-13-6-4-3-5-7-14(16)9-8-13/h3-9,12,14H,10-11H2,1-2H3/b4-3-,7-5-,13-6-/t12?,14?,15-/m1/s1. The van der Waals surface area contributed by atoms with Gasteiger partial charge in [-0.1, -0.05) is 49.5 Å². The van der Waals surface area contributed by atoms with Gasteiger partial charge in [0.2, 0.25) is 0 Å². The Morgan fingerprint density at radius 1 is 1.25 bits per heavy atom. The minimum atomic E-state index is 0.420. The predicted molar refractivity (Wildman–Crippen MR) is 68.2 cm³/mol.